The Morgan fingerprint density at radius 1 is 1.06 bits per heavy atom. The van der Waals surface area contributed by atoms with Crippen LogP contribution in [0.15, 0.2) is 59.8 Å². The third kappa shape index (κ3) is 7.56. The van der Waals surface area contributed by atoms with Crippen molar-refractivity contribution in [1.82, 2.24) is 20.1 Å². The van der Waals surface area contributed by atoms with Crippen molar-refractivity contribution in [3.63, 3.8) is 0 Å². The van der Waals surface area contributed by atoms with Gasteiger partial charge in [-0.05, 0) is 29.3 Å². The van der Waals surface area contributed by atoms with E-state index in [-0.39, 0.29) is 23.3 Å². The summed E-state index contributed by atoms with van der Waals surface area (Å²) in [6.45, 7) is -1.47. The molecule has 0 saturated carbocycles. The van der Waals surface area contributed by atoms with E-state index in [0.29, 0.717) is 11.4 Å². The molecule has 0 bridgehead atoms. The summed E-state index contributed by atoms with van der Waals surface area (Å²) in [5.74, 6) is -0.843. The Kier molecular flexibility index (Phi) is 7.45. The average molecular weight is 450 g/mol. The molecule has 31 heavy (non-hydrogen) atoms. The van der Waals surface area contributed by atoms with Gasteiger partial charge in [0.15, 0.2) is 0 Å². The second kappa shape index (κ2) is 10.3. The smallest absolute Gasteiger partial charge is 0.329 e. The predicted molar refractivity (Wildman–Crippen MR) is 110 cm³/mol. The fraction of sp³-hybridized carbons (Fsp3) is 0.190. The predicted octanol–water partition coefficient (Wildman–Crippen LogP) is 4.80. The molecule has 0 aliphatic carbocycles. The van der Waals surface area contributed by atoms with Crippen LogP contribution in [-0.2, 0) is 11.3 Å². The molecule has 1 amide bonds. The van der Waals surface area contributed by atoms with E-state index in [1.807, 2.05) is 0 Å². The summed E-state index contributed by atoms with van der Waals surface area (Å²) in [7, 11) is 0. The average Bonchev–Trinajstić information content (AvgIpc) is 3.19. The van der Waals surface area contributed by atoms with Gasteiger partial charge in [0.05, 0.1) is 5.75 Å². The molecule has 0 unspecified atom stereocenters. The monoisotopic (exact) mass is 450 g/mol. The van der Waals surface area contributed by atoms with Crippen LogP contribution in [0.5, 0.6) is 0 Å². The van der Waals surface area contributed by atoms with Gasteiger partial charge in [0.2, 0.25) is 11.1 Å². The van der Waals surface area contributed by atoms with Gasteiger partial charge in [0.25, 0.3) is 0 Å². The first-order chi connectivity index (χ1) is 14.8. The van der Waals surface area contributed by atoms with Crippen molar-refractivity contribution in [3.05, 3.63) is 77.4 Å². The lowest BCUT2D eigenvalue weighted by Crippen LogP contribution is -2.39. The number of thioether (sulfide) groups is 1. The van der Waals surface area contributed by atoms with Gasteiger partial charge in [-0.15, -0.1) is 5.10 Å². The fourth-order valence-corrected chi connectivity index (χ4v) is 3.32. The number of carbonyl (C=O) groups is 1. The number of carbonyl (C=O) groups excluding carboxylic acids is 1. The molecule has 0 atom stereocenters. The zero-order valence-electron chi connectivity index (χ0n) is 16.1. The Hall–Kier alpha value is -3.14. The summed E-state index contributed by atoms with van der Waals surface area (Å²) in [5.41, 5.74) is 1.36. The molecule has 3 aromatic rings. The second-order valence-corrected chi connectivity index (χ2v) is 7.47. The first kappa shape index (κ1) is 22.5. The molecule has 10 heteroatoms. The van der Waals surface area contributed by atoms with Crippen molar-refractivity contribution in [2.75, 3.05) is 12.3 Å². The van der Waals surface area contributed by atoms with E-state index in [1.54, 1.807) is 54.6 Å². The van der Waals surface area contributed by atoms with E-state index in [4.69, 9.17) is 0 Å². The van der Waals surface area contributed by atoms with E-state index in [1.165, 1.54) is 12.1 Å². The largest absolute Gasteiger partial charge is 0.406 e. The third-order valence-corrected chi connectivity index (χ3v) is 4.88. The summed E-state index contributed by atoms with van der Waals surface area (Å²) in [6, 6.07) is 14.3. The molecular weight excluding hydrogens is 432 g/mol. The fourth-order valence-electron chi connectivity index (χ4n) is 2.62. The molecule has 0 radical (unpaired) electrons. The van der Waals surface area contributed by atoms with Crippen molar-refractivity contribution in [3.8, 4) is 0 Å². The molecule has 1 aromatic heterocycles. The van der Waals surface area contributed by atoms with E-state index in [9.17, 15) is 22.4 Å². The highest BCUT2D eigenvalue weighted by atomic mass is 32.2. The van der Waals surface area contributed by atoms with E-state index >= 15 is 0 Å². The Labute approximate surface area is 180 Å². The highest BCUT2D eigenvalue weighted by Gasteiger charge is 2.33. The molecular formula is C21H18F4N4OS. The quantitative estimate of drug-likeness (QED) is 0.396. The van der Waals surface area contributed by atoms with Crippen LogP contribution in [0.1, 0.15) is 17.0 Å². The van der Waals surface area contributed by atoms with Crippen molar-refractivity contribution in [2.24, 2.45) is 0 Å². The number of benzene rings is 2. The summed E-state index contributed by atoms with van der Waals surface area (Å²) < 4.78 is 51.7. The van der Waals surface area contributed by atoms with Gasteiger partial charge in [-0.25, -0.2) is 9.37 Å². The number of hydrogen-bond acceptors (Lipinski definition) is 4. The Morgan fingerprint density at radius 2 is 1.77 bits per heavy atom. The Morgan fingerprint density at radius 3 is 2.45 bits per heavy atom. The molecule has 1 N–H and O–H groups in total. The molecule has 1 heterocycles. The molecule has 0 saturated heterocycles. The lowest BCUT2D eigenvalue weighted by atomic mass is 10.2. The van der Waals surface area contributed by atoms with Crippen LogP contribution in [-0.4, -0.2) is 44.5 Å². The molecule has 0 spiro atoms. The first-order valence-electron chi connectivity index (χ1n) is 9.16. The SMILES string of the molecule is O=C(CSc1n[nH]c(/C=C/c2ccc(F)cc2)n1)N(Cc1ccccc1)CC(F)(F)F. The summed E-state index contributed by atoms with van der Waals surface area (Å²) in [5, 5.41) is 6.86. The third-order valence-electron chi connectivity index (χ3n) is 4.05. The standard InChI is InChI=1S/C21H18F4N4OS/c22-17-9-6-15(7-10-17)8-11-18-26-20(28-27-18)31-13-19(30)29(14-21(23,24)25)12-16-4-2-1-3-5-16/h1-11H,12-14H2,(H,26,27,28)/b11-8+. The minimum Gasteiger partial charge on any atom is -0.329 e. The van der Waals surface area contributed by atoms with Crippen LogP contribution >= 0.6 is 11.8 Å². The van der Waals surface area contributed by atoms with Crippen molar-refractivity contribution in [2.45, 2.75) is 17.9 Å². The maximum absolute atomic E-state index is 12.9. The maximum atomic E-state index is 12.9. The minimum absolute atomic E-state index is 0.139. The summed E-state index contributed by atoms with van der Waals surface area (Å²) in [6.07, 6.45) is -1.18. The molecule has 0 fully saturated rings. The van der Waals surface area contributed by atoms with E-state index in [0.717, 1.165) is 22.2 Å². The first-order valence-corrected chi connectivity index (χ1v) is 10.1. The molecule has 2 aromatic carbocycles. The number of rotatable bonds is 8. The van der Waals surface area contributed by atoms with Gasteiger partial charge in [0, 0.05) is 6.54 Å². The molecule has 3 rings (SSSR count). The topological polar surface area (TPSA) is 61.9 Å². The van der Waals surface area contributed by atoms with Crippen LogP contribution in [0.25, 0.3) is 12.2 Å². The number of amides is 1. The number of halogens is 4. The van der Waals surface area contributed by atoms with Gasteiger partial charge in [0.1, 0.15) is 18.2 Å². The molecule has 0 aliphatic rings. The molecule has 5 nitrogen and oxygen atoms in total. The summed E-state index contributed by atoms with van der Waals surface area (Å²) >= 11 is 0.942. The number of nitrogens with zero attached hydrogens (tertiary/aromatic N) is 3. The van der Waals surface area contributed by atoms with Crippen molar-refractivity contribution in [1.29, 1.82) is 0 Å². The summed E-state index contributed by atoms with van der Waals surface area (Å²) in [4.78, 5) is 17.4. The van der Waals surface area contributed by atoms with Crippen LogP contribution < -0.4 is 0 Å². The Bertz CT molecular complexity index is 1020. The number of hydrogen-bond donors (Lipinski definition) is 1. The number of nitrogens with one attached hydrogen (secondary N) is 1. The zero-order valence-corrected chi connectivity index (χ0v) is 17.0. The highest BCUT2D eigenvalue weighted by molar-refractivity contribution is 7.99. The van der Waals surface area contributed by atoms with Gasteiger partial charge in [-0.1, -0.05) is 60.3 Å². The minimum atomic E-state index is -4.50. The van der Waals surface area contributed by atoms with Gasteiger partial charge in [-0.2, -0.15) is 13.2 Å². The van der Waals surface area contributed by atoms with Crippen LogP contribution in [0, 0.1) is 5.82 Å². The number of aromatic nitrogens is 3. The lowest BCUT2D eigenvalue weighted by molar-refractivity contribution is -0.160. The van der Waals surface area contributed by atoms with Crippen LogP contribution in [0.3, 0.4) is 0 Å². The van der Waals surface area contributed by atoms with Gasteiger partial charge < -0.3 is 4.90 Å². The normalized spacial score (nSPS) is 11.7. The highest BCUT2D eigenvalue weighted by Crippen LogP contribution is 2.21. The second-order valence-electron chi connectivity index (χ2n) is 6.53. The van der Waals surface area contributed by atoms with Gasteiger partial charge in [-0.3, -0.25) is 9.89 Å². The Balaban J connectivity index is 1.59. The molecule has 162 valence electrons. The lowest BCUT2D eigenvalue weighted by Gasteiger charge is -2.23. The number of H-pyrrole nitrogens is 1. The van der Waals surface area contributed by atoms with Crippen molar-refractivity contribution >= 4 is 29.8 Å². The van der Waals surface area contributed by atoms with E-state index in [2.05, 4.69) is 15.2 Å². The van der Waals surface area contributed by atoms with Gasteiger partial charge >= 0.3 is 6.18 Å². The van der Waals surface area contributed by atoms with E-state index < -0.39 is 18.6 Å². The maximum Gasteiger partial charge on any atom is 0.406 e. The molecule has 0 aliphatic heterocycles. The zero-order chi connectivity index (χ0) is 22.3. The number of aromatic amines is 1. The van der Waals surface area contributed by atoms with Crippen LogP contribution in [0.4, 0.5) is 17.6 Å². The number of alkyl halides is 3. The van der Waals surface area contributed by atoms with Crippen LogP contribution in [0.2, 0.25) is 0 Å². The van der Waals surface area contributed by atoms with Crippen molar-refractivity contribution < 1.29 is 22.4 Å².